The van der Waals surface area contributed by atoms with Crippen LogP contribution in [-0.2, 0) is 11.2 Å². The maximum Gasteiger partial charge on any atom is 0.241 e. The Balaban J connectivity index is 1.91. The zero-order valence-corrected chi connectivity index (χ0v) is 15.0. The van der Waals surface area contributed by atoms with Gasteiger partial charge < -0.3 is 10.2 Å². The number of hydrogen-bond donors (Lipinski definition) is 1. The van der Waals surface area contributed by atoms with Gasteiger partial charge in [0.25, 0.3) is 0 Å². The first-order valence-electron chi connectivity index (χ1n) is 8.24. The fourth-order valence-electron chi connectivity index (χ4n) is 2.71. The lowest BCUT2D eigenvalue weighted by Crippen LogP contribution is -2.37. The van der Waals surface area contributed by atoms with Crippen LogP contribution in [-0.4, -0.2) is 45.5 Å². The number of nitrogens with one attached hydrogen (secondary N) is 1. The van der Waals surface area contributed by atoms with Gasteiger partial charge in [0.2, 0.25) is 5.91 Å². The largest absolute Gasteiger partial charge is 0.378 e. The summed E-state index contributed by atoms with van der Waals surface area (Å²) in [5, 5.41) is 3.06. The van der Waals surface area contributed by atoms with Crippen LogP contribution in [0, 0.1) is 0 Å². The van der Waals surface area contributed by atoms with Crippen molar-refractivity contribution in [2.75, 3.05) is 39.6 Å². The van der Waals surface area contributed by atoms with Gasteiger partial charge in [-0.1, -0.05) is 42.5 Å². The van der Waals surface area contributed by atoms with Crippen LogP contribution in [0.1, 0.15) is 17.2 Å². The summed E-state index contributed by atoms with van der Waals surface area (Å²) in [7, 11) is 7.91. The molecule has 0 heterocycles. The van der Waals surface area contributed by atoms with E-state index in [1.54, 1.807) is 0 Å². The van der Waals surface area contributed by atoms with Gasteiger partial charge in [0, 0.05) is 26.3 Å². The third-order valence-corrected chi connectivity index (χ3v) is 4.05. The number of nitrogens with zero attached hydrogens (tertiary/aromatic N) is 2. The molecule has 1 amide bonds. The first-order chi connectivity index (χ1) is 11.5. The molecule has 0 aliphatic rings. The molecule has 0 bridgehead atoms. The average molecular weight is 325 g/mol. The fraction of sp³-hybridized carbons (Fsp3) is 0.350. The Morgan fingerprint density at radius 2 is 1.58 bits per heavy atom. The summed E-state index contributed by atoms with van der Waals surface area (Å²) < 4.78 is 0. The SMILES string of the molecule is CN(C)c1ccc(CCNC(=O)C(c2ccccc2)N(C)C)cc1. The van der Waals surface area contributed by atoms with E-state index in [-0.39, 0.29) is 11.9 Å². The van der Waals surface area contributed by atoms with E-state index in [1.165, 1.54) is 11.3 Å². The molecule has 0 aliphatic heterocycles. The van der Waals surface area contributed by atoms with Gasteiger partial charge in [-0.3, -0.25) is 9.69 Å². The molecule has 4 nitrogen and oxygen atoms in total. The third kappa shape index (κ3) is 4.83. The summed E-state index contributed by atoms with van der Waals surface area (Å²) in [6, 6.07) is 18.0. The monoisotopic (exact) mass is 325 g/mol. The van der Waals surface area contributed by atoms with Gasteiger partial charge in [0.05, 0.1) is 0 Å². The number of amides is 1. The second-order valence-electron chi connectivity index (χ2n) is 6.38. The molecular weight excluding hydrogens is 298 g/mol. The molecule has 2 aromatic rings. The molecule has 1 unspecified atom stereocenters. The van der Waals surface area contributed by atoms with Crippen molar-refractivity contribution in [1.82, 2.24) is 10.2 Å². The van der Waals surface area contributed by atoms with Crippen LogP contribution < -0.4 is 10.2 Å². The number of carbonyl (C=O) groups excluding carboxylic acids is 1. The van der Waals surface area contributed by atoms with Crippen molar-refractivity contribution in [3.8, 4) is 0 Å². The Hall–Kier alpha value is -2.33. The van der Waals surface area contributed by atoms with E-state index in [9.17, 15) is 4.79 Å². The van der Waals surface area contributed by atoms with Crippen molar-refractivity contribution in [1.29, 1.82) is 0 Å². The predicted octanol–water partition coefficient (Wildman–Crippen LogP) is 2.71. The molecule has 0 aliphatic carbocycles. The van der Waals surface area contributed by atoms with Crippen molar-refractivity contribution in [3.63, 3.8) is 0 Å². The van der Waals surface area contributed by atoms with Crippen LogP contribution in [0.5, 0.6) is 0 Å². The summed E-state index contributed by atoms with van der Waals surface area (Å²) in [5.74, 6) is 0.0381. The molecule has 1 N–H and O–H groups in total. The molecule has 1 atom stereocenters. The lowest BCUT2D eigenvalue weighted by molar-refractivity contribution is -0.125. The summed E-state index contributed by atoms with van der Waals surface area (Å²) in [5.41, 5.74) is 3.41. The molecule has 0 saturated carbocycles. The smallest absolute Gasteiger partial charge is 0.241 e. The zero-order valence-electron chi connectivity index (χ0n) is 15.0. The summed E-state index contributed by atoms with van der Waals surface area (Å²) in [4.78, 5) is 16.6. The highest BCUT2D eigenvalue weighted by molar-refractivity contribution is 5.83. The van der Waals surface area contributed by atoms with Gasteiger partial charge in [-0.25, -0.2) is 0 Å². The Bertz CT molecular complexity index is 636. The van der Waals surface area contributed by atoms with Crippen LogP contribution in [0.15, 0.2) is 54.6 Å². The van der Waals surface area contributed by atoms with Crippen LogP contribution >= 0.6 is 0 Å². The topological polar surface area (TPSA) is 35.6 Å². The molecule has 24 heavy (non-hydrogen) atoms. The maximum absolute atomic E-state index is 12.6. The molecule has 0 spiro atoms. The fourth-order valence-corrected chi connectivity index (χ4v) is 2.71. The molecule has 2 rings (SSSR count). The average Bonchev–Trinajstić information content (AvgIpc) is 2.56. The van der Waals surface area contributed by atoms with E-state index < -0.39 is 0 Å². The molecule has 0 saturated heterocycles. The van der Waals surface area contributed by atoms with Crippen molar-refractivity contribution >= 4 is 11.6 Å². The Morgan fingerprint density at radius 1 is 0.958 bits per heavy atom. The molecule has 2 aromatic carbocycles. The van der Waals surface area contributed by atoms with Crippen LogP contribution in [0.3, 0.4) is 0 Å². The first-order valence-corrected chi connectivity index (χ1v) is 8.24. The summed E-state index contributed by atoms with van der Waals surface area (Å²) in [6.07, 6.45) is 0.828. The molecular formula is C20H27N3O. The highest BCUT2D eigenvalue weighted by Crippen LogP contribution is 2.18. The van der Waals surface area contributed by atoms with E-state index in [0.29, 0.717) is 6.54 Å². The van der Waals surface area contributed by atoms with Gasteiger partial charge in [-0.2, -0.15) is 0 Å². The molecule has 4 heteroatoms. The Morgan fingerprint density at radius 3 is 2.12 bits per heavy atom. The predicted molar refractivity (Wildman–Crippen MR) is 100 cm³/mol. The van der Waals surface area contributed by atoms with E-state index in [1.807, 2.05) is 63.4 Å². The number of likely N-dealkylation sites (N-methyl/N-ethyl adjacent to an activating group) is 1. The quantitative estimate of drug-likeness (QED) is 0.850. The van der Waals surface area contributed by atoms with Crippen molar-refractivity contribution < 1.29 is 4.79 Å². The number of benzene rings is 2. The molecule has 0 aromatic heterocycles. The molecule has 128 valence electrons. The van der Waals surface area contributed by atoms with Crippen LogP contribution in [0.4, 0.5) is 5.69 Å². The standard InChI is InChI=1S/C20H27N3O/c1-22(2)18-12-10-16(11-13-18)14-15-21-20(24)19(23(3)4)17-8-6-5-7-9-17/h5-13,19H,14-15H2,1-4H3,(H,21,24). The molecule has 0 fully saturated rings. The van der Waals surface area contributed by atoms with Crippen molar-refractivity contribution in [3.05, 3.63) is 65.7 Å². The zero-order chi connectivity index (χ0) is 17.5. The first kappa shape index (κ1) is 18.0. The lowest BCUT2D eigenvalue weighted by atomic mass is 10.1. The normalized spacial score (nSPS) is 12.0. The number of rotatable bonds is 7. The summed E-state index contributed by atoms with van der Waals surface area (Å²) >= 11 is 0. The second kappa shape index (κ2) is 8.50. The Kier molecular flexibility index (Phi) is 6.38. The van der Waals surface area contributed by atoms with Gasteiger partial charge in [0.1, 0.15) is 6.04 Å². The van der Waals surface area contributed by atoms with Crippen molar-refractivity contribution in [2.24, 2.45) is 0 Å². The minimum atomic E-state index is -0.262. The minimum absolute atomic E-state index is 0.0381. The van der Waals surface area contributed by atoms with Gasteiger partial charge >= 0.3 is 0 Å². The summed E-state index contributed by atoms with van der Waals surface area (Å²) in [6.45, 7) is 0.636. The number of anilines is 1. The highest BCUT2D eigenvalue weighted by atomic mass is 16.2. The Labute approximate surface area is 145 Å². The second-order valence-corrected chi connectivity index (χ2v) is 6.38. The highest BCUT2D eigenvalue weighted by Gasteiger charge is 2.21. The minimum Gasteiger partial charge on any atom is -0.378 e. The molecule has 0 radical (unpaired) electrons. The lowest BCUT2D eigenvalue weighted by Gasteiger charge is -2.23. The maximum atomic E-state index is 12.6. The van der Waals surface area contributed by atoms with Crippen LogP contribution in [0.2, 0.25) is 0 Å². The van der Waals surface area contributed by atoms with E-state index in [4.69, 9.17) is 0 Å². The van der Waals surface area contributed by atoms with E-state index in [0.717, 1.165) is 12.0 Å². The van der Waals surface area contributed by atoms with E-state index in [2.05, 4.69) is 34.5 Å². The van der Waals surface area contributed by atoms with E-state index >= 15 is 0 Å². The van der Waals surface area contributed by atoms with Gasteiger partial charge in [-0.15, -0.1) is 0 Å². The van der Waals surface area contributed by atoms with Gasteiger partial charge in [-0.05, 0) is 43.8 Å². The van der Waals surface area contributed by atoms with Gasteiger partial charge in [0.15, 0.2) is 0 Å². The number of carbonyl (C=O) groups is 1. The third-order valence-electron chi connectivity index (χ3n) is 4.05. The van der Waals surface area contributed by atoms with Crippen molar-refractivity contribution in [2.45, 2.75) is 12.5 Å². The number of hydrogen-bond acceptors (Lipinski definition) is 3. The van der Waals surface area contributed by atoms with Crippen LogP contribution in [0.25, 0.3) is 0 Å².